The van der Waals surface area contributed by atoms with Crippen molar-refractivity contribution < 1.29 is 4.57 Å². The number of hydrogen-bond donors (Lipinski definition) is 1. The fourth-order valence-electron chi connectivity index (χ4n) is 3.07. The molecule has 0 spiro atoms. The van der Waals surface area contributed by atoms with E-state index in [2.05, 4.69) is 23.8 Å². The Morgan fingerprint density at radius 3 is 1.69 bits per heavy atom. The highest BCUT2D eigenvalue weighted by Gasteiger charge is 2.30. The fraction of sp³-hybridized carbons (Fsp3) is 0.130. The third kappa shape index (κ3) is 4.22. The van der Waals surface area contributed by atoms with Gasteiger partial charge in [0.2, 0.25) is 7.29 Å². The summed E-state index contributed by atoms with van der Waals surface area (Å²) in [6, 6.07) is 29.5. The molecule has 0 aromatic heterocycles. The van der Waals surface area contributed by atoms with Crippen molar-refractivity contribution in [2.24, 2.45) is 0 Å². The largest absolute Gasteiger partial charge is 0.297 e. The van der Waals surface area contributed by atoms with Gasteiger partial charge >= 0.3 is 0 Å². The second kappa shape index (κ2) is 8.31. The first-order valence-corrected chi connectivity index (χ1v) is 10.5. The van der Waals surface area contributed by atoms with Crippen molar-refractivity contribution in [3.05, 3.63) is 109 Å². The first kappa shape index (κ1) is 18.4. The van der Waals surface area contributed by atoms with Crippen LogP contribution in [0.25, 0.3) is 0 Å². The molecule has 0 fully saturated rings. The van der Waals surface area contributed by atoms with Crippen molar-refractivity contribution in [3.63, 3.8) is 0 Å². The smallest absolute Gasteiger partial charge is 0.205 e. The van der Waals surface area contributed by atoms with E-state index in [4.69, 9.17) is 0 Å². The van der Waals surface area contributed by atoms with Crippen LogP contribution in [0.4, 0.5) is 0 Å². The lowest BCUT2D eigenvalue weighted by molar-refractivity contribution is 0.559. The van der Waals surface area contributed by atoms with Crippen molar-refractivity contribution >= 4 is 17.9 Å². The average Bonchev–Trinajstić information content (AvgIpc) is 2.69. The summed E-state index contributed by atoms with van der Waals surface area (Å²) in [4.78, 5) is 0. The van der Waals surface area contributed by atoms with Crippen LogP contribution in [-0.4, -0.2) is 0 Å². The van der Waals surface area contributed by atoms with E-state index in [0.717, 1.165) is 28.2 Å². The minimum absolute atomic E-state index is 0.0695. The minimum Gasteiger partial charge on any atom is -0.297 e. The minimum atomic E-state index is -2.99. The zero-order valence-corrected chi connectivity index (χ0v) is 15.9. The van der Waals surface area contributed by atoms with E-state index in [1.165, 1.54) is 0 Å². The van der Waals surface area contributed by atoms with E-state index in [1.54, 1.807) is 0 Å². The van der Waals surface area contributed by atoms with E-state index >= 15 is 0 Å². The van der Waals surface area contributed by atoms with Crippen LogP contribution in [0.5, 0.6) is 0 Å². The molecule has 1 unspecified atom stereocenters. The summed E-state index contributed by atoms with van der Waals surface area (Å²) in [5.41, 5.74) is 2.17. The first-order valence-electron chi connectivity index (χ1n) is 8.78. The van der Waals surface area contributed by atoms with Gasteiger partial charge in [0.25, 0.3) is 0 Å². The van der Waals surface area contributed by atoms with E-state index in [9.17, 15) is 4.57 Å². The average molecular weight is 361 g/mol. The Bertz CT molecular complexity index is 848. The number of benzene rings is 3. The summed E-state index contributed by atoms with van der Waals surface area (Å²) < 4.78 is 14.2. The predicted octanol–water partition coefficient (Wildman–Crippen LogP) is 5.21. The van der Waals surface area contributed by atoms with Gasteiger partial charge in [-0.3, -0.25) is 9.65 Å². The molecule has 1 atom stereocenters. The second-order valence-electron chi connectivity index (χ2n) is 6.53. The molecule has 3 aromatic rings. The van der Waals surface area contributed by atoms with E-state index in [-0.39, 0.29) is 6.04 Å². The maximum absolute atomic E-state index is 14.2. The number of hydrogen-bond acceptors (Lipinski definition) is 1. The van der Waals surface area contributed by atoms with Crippen molar-refractivity contribution in [2.75, 3.05) is 0 Å². The van der Waals surface area contributed by atoms with E-state index in [1.807, 2.05) is 85.8 Å². The quantitative estimate of drug-likeness (QED) is 0.462. The van der Waals surface area contributed by atoms with Gasteiger partial charge in [0, 0.05) is 16.7 Å². The molecular formula is C23H24NOP. The lowest BCUT2D eigenvalue weighted by atomic mass is 10.0. The summed E-state index contributed by atoms with van der Waals surface area (Å²) in [7, 11) is -2.99. The van der Waals surface area contributed by atoms with Gasteiger partial charge in [0.05, 0.1) is 0 Å². The van der Waals surface area contributed by atoms with Gasteiger partial charge in [-0.15, -0.1) is 6.58 Å². The Kier molecular flexibility index (Phi) is 5.88. The van der Waals surface area contributed by atoms with Gasteiger partial charge in [-0.1, -0.05) is 72.3 Å². The van der Waals surface area contributed by atoms with Crippen LogP contribution in [0.1, 0.15) is 24.9 Å². The molecule has 0 saturated carbocycles. The molecule has 3 aromatic carbocycles. The molecule has 1 N–H and O–H groups in total. The van der Waals surface area contributed by atoms with E-state index < -0.39 is 7.29 Å². The third-order valence-electron chi connectivity index (χ3n) is 4.33. The molecule has 0 heterocycles. The SMILES string of the molecule is C=C(C)CC(NP(=O)(c1ccccc1)c1ccccc1)c1ccccc1. The van der Waals surface area contributed by atoms with Crippen LogP contribution < -0.4 is 15.7 Å². The van der Waals surface area contributed by atoms with Crippen molar-refractivity contribution in [2.45, 2.75) is 19.4 Å². The van der Waals surface area contributed by atoms with Gasteiger partial charge in [-0.25, -0.2) is 0 Å². The number of nitrogens with one attached hydrogen (secondary N) is 1. The monoisotopic (exact) mass is 361 g/mol. The molecule has 0 saturated heterocycles. The second-order valence-corrected chi connectivity index (χ2v) is 9.04. The molecule has 132 valence electrons. The summed E-state index contributed by atoms with van der Waals surface area (Å²) in [6.45, 7) is 6.07. The van der Waals surface area contributed by atoms with Crippen LogP contribution in [0, 0.1) is 0 Å². The van der Waals surface area contributed by atoms with Crippen molar-refractivity contribution in [3.8, 4) is 0 Å². The third-order valence-corrected chi connectivity index (χ3v) is 7.06. The standard InChI is InChI=1S/C23H24NOP/c1-19(2)18-23(20-12-6-3-7-13-20)24-26(25,21-14-8-4-9-15-21)22-16-10-5-11-17-22/h3-17,23H,1,18H2,2H3,(H,24,25). The zero-order chi connectivity index (χ0) is 18.4. The summed E-state index contributed by atoms with van der Waals surface area (Å²) in [5, 5.41) is 5.13. The summed E-state index contributed by atoms with van der Waals surface area (Å²) >= 11 is 0. The molecule has 0 radical (unpaired) electrons. The summed E-state index contributed by atoms with van der Waals surface area (Å²) in [5.74, 6) is 0. The lowest BCUT2D eigenvalue weighted by Gasteiger charge is -2.27. The normalized spacial score (nSPS) is 12.5. The van der Waals surface area contributed by atoms with Crippen molar-refractivity contribution in [1.29, 1.82) is 0 Å². The van der Waals surface area contributed by atoms with Gasteiger partial charge < -0.3 is 0 Å². The Balaban J connectivity index is 2.07. The molecule has 0 aliphatic rings. The molecule has 0 amide bonds. The highest BCUT2D eigenvalue weighted by atomic mass is 31.2. The molecule has 3 rings (SSSR count). The maximum atomic E-state index is 14.2. The predicted molar refractivity (Wildman–Crippen MR) is 112 cm³/mol. The highest BCUT2D eigenvalue weighted by Crippen LogP contribution is 2.42. The van der Waals surface area contributed by atoms with E-state index in [0.29, 0.717) is 0 Å². The molecular weight excluding hydrogens is 337 g/mol. The van der Waals surface area contributed by atoms with Crippen LogP contribution in [0.2, 0.25) is 0 Å². The summed E-state index contributed by atoms with van der Waals surface area (Å²) in [6.07, 6.45) is 0.730. The Hall–Kier alpha value is -2.41. The number of rotatable bonds is 7. The van der Waals surface area contributed by atoms with Crippen LogP contribution in [0.15, 0.2) is 103 Å². The van der Waals surface area contributed by atoms with Crippen LogP contribution >= 0.6 is 7.29 Å². The van der Waals surface area contributed by atoms with Crippen molar-refractivity contribution in [1.82, 2.24) is 5.09 Å². The fourth-order valence-corrected chi connectivity index (χ4v) is 5.52. The molecule has 3 heteroatoms. The Labute approximate surface area is 156 Å². The Morgan fingerprint density at radius 2 is 1.27 bits per heavy atom. The topological polar surface area (TPSA) is 29.1 Å². The lowest BCUT2D eigenvalue weighted by Crippen LogP contribution is -2.30. The molecule has 2 nitrogen and oxygen atoms in total. The first-order chi connectivity index (χ1) is 12.6. The Morgan fingerprint density at radius 1 is 0.846 bits per heavy atom. The molecule has 0 aliphatic heterocycles. The van der Waals surface area contributed by atoms with Gasteiger partial charge in [-0.05, 0) is 43.2 Å². The van der Waals surface area contributed by atoms with Crippen LogP contribution in [0.3, 0.4) is 0 Å². The van der Waals surface area contributed by atoms with Gasteiger partial charge in [0.1, 0.15) is 0 Å². The van der Waals surface area contributed by atoms with Crippen LogP contribution in [-0.2, 0) is 4.57 Å². The molecule has 0 bridgehead atoms. The zero-order valence-electron chi connectivity index (χ0n) is 15.0. The molecule has 0 aliphatic carbocycles. The van der Waals surface area contributed by atoms with Gasteiger partial charge in [-0.2, -0.15) is 0 Å². The maximum Gasteiger partial charge on any atom is 0.205 e. The van der Waals surface area contributed by atoms with Gasteiger partial charge in [0.15, 0.2) is 0 Å². The molecule has 26 heavy (non-hydrogen) atoms. The highest BCUT2D eigenvalue weighted by molar-refractivity contribution is 7.76.